The summed E-state index contributed by atoms with van der Waals surface area (Å²) in [5, 5.41) is 3.68. The Morgan fingerprint density at radius 1 is 1.25 bits per heavy atom. The van der Waals surface area contributed by atoms with Gasteiger partial charge in [0, 0.05) is 29.9 Å². The molecule has 0 aliphatic heterocycles. The zero-order valence-corrected chi connectivity index (χ0v) is 13.5. The lowest BCUT2D eigenvalue weighted by atomic mass is 9.79. The number of pyridine rings is 1. The molecule has 1 saturated carbocycles. The van der Waals surface area contributed by atoms with E-state index in [1.54, 1.807) is 7.11 Å². The third-order valence-electron chi connectivity index (χ3n) is 4.91. The molecule has 3 heteroatoms. The quantitative estimate of drug-likeness (QED) is 0.912. The van der Waals surface area contributed by atoms with Gasteiger partial charge in [-0.3, -0.25) is 4.98 Å². The molecule has 1 heterocycles. The van der Waals surface area contributed by atoms with E-state index in [0.717, 1.165) is 41.0 Å². The van der Waals surface area contributed by atoms with Gasteiger partial charge in [0.15, 0.2) is 0 Å². The van der Waals surface area contributed by atoms with E-state index >= 15 is 0 Å². The molecule has 0 radical (unpaired) electrons. The van der Waals surface area contributed by atoms with Crippen LogP contribution in [0.1, 0.15) is 49.9 Å². The number of nitrogens with one attached hydrogen (secondary N) is 1. The first-order valence-corrected chi connectivity index (χ1v) is 7.75. The van der Waals surface area contributed by atoms with Crippen molar-refractivity contribution in [2.75, 3.05) is 7.11 Å². The van der Waals surface area contributed by atoms with E-state index in [-0.39, 0.29) is 0 Å². The van der Waals surface area contributed by atoms with Crippen molar-refractivity contribution in [1.29, 1.82) is 0 Å². The summed E-state index contributed by atoms with van der Waals surface area (Å²) in [5.74, 6) is 2.66. The summed E-state index contributed by atoms with van der Waals surface area (Å²) in [4.78, 5) is 4.56. The maximum Gasteiger partial charge on any atom is 0.128 e. The van der Waals surface area contributed by atoms with Crippen LogP contribution in [0.5, 0.6) is 5.75 Å². The fraction of sp³-hybridized carbons (Fsp3) is 0.706. The molecule has 3 nitrogen and oxygen atoms in total. The molecule has 20 heavy (non-hydrogen) atoms. The van der Waals surface area contributed by atoms with E-state index < -0.39 is 0 Å². The lowest BCUT2D eigenvalue weighted by Gasteiger charge is -2.32. The molecule has 2 rings (SSSR count). The Labute approximate surface area is 123 Å². The van der Waals surface area contributed by atoms with E-state index in [2.05, 4.69) is 31.1 Å². The standard InChI is InChI=1S/C17H28N2O/c1-11-6-7-15(8-12(11)2)18-10-16-14(4)17(20-5)13(3)9-19-16/h9,11-12,15,18H,6-8,10H2,1-5H3. The molecule has 1 aromatic heterocycles. The molecule has 1 N–H and O–H groups in total. The lowest BCUT2D eigenvalue weighted by molar-refractivity contribution is 0.225. The summed E-state index contributed by atoms with van der Waals surface area (Å²) < 4.78 is 5.47. The highest BCUT2D eigenvalue weighted by Gasteiger charge is 2.24. The van der Waals surface area contributed by atoms with Crippen LogP contribution >= 0.6 is 0 Å². The van der Waals surface area contributed by atoms with Gasteiger partial charge in [-0.05, 0) is 44.9 Å². The highest BCUT2D eigenvalue weighted by molar-refractivity contribution is 5.40. The summed E-state index contributed by atoms with van der Waals surface area (Å²) in [7, 11) is 1.73. The fourth-order valence-electron chi connectivity index (χ4n) is 3.22. The summed E-state index contributed by atoms with van der Waals surface area (Å²) in [6.45, 7) is 9.73. The van der Waals surface area contributed by atoms with Crippen molar-refractivity contribution in [3.05, 3.63) is 23.0 Å². The highest BCUT2D eigenvalue weighted by Crippen LogP contribution is 2.30. The summed E-state index contributed by atoms with van der Waals surface area (Å²) in [6, 6.07) is 0.634. The number of nitrogens with zero attached hydrogens (tertiary/aromatic N) is 1. The third-order valence-corrected chi connectivity index (χ3v) is 4.91. The Bertz CT molecular complexity index is 459. The molecule has 1 aromatic rings. The Hall–Kier alpha value is -1.09. The van der Waals surface area contributed by atoms with Crippen LogP contribution < -0.4 is 10.1 Å². The number of ether oxygens (including phenoxy) is 1. The van der Waals surface area contributed by atoms with Gasteiger partial charge in [-0.25, -0.2) is 0 Å². The van der Waals surface area contributed by atoms with Gasteiger partial charge < -0.3 is 10.1 Å². The van der Waals surface area contributed by atoms with Crippen molar-refractivity contribution in [2.45, 2.75) is 59.5 Å². The maximum atomic E-state index is 5.47. The summed E-state index contributed by atoms with van der Waals surface area (Å²) in [6.07, 6.45) is 5.81. The first-order valence-electron chi connectivity index (χ1n) is 7.75. The van der Waals surface area contributed by atoms with E-state index in [1.807, 2.05) is 13.1 Å². The van der Waals surface area contributed by atoms with Gasteiger partial charge in [-0.1, -0.05) is 13.8 Å². The summed E-state index contributed by atoms with van der Waals surface area (Å²) >= 11 is 0. The molecule has 0 aromatic carbocycles. The Kier molecular flexibility index (Phi) is 5.03. The Balaban J connectivity index is 1.98. The Morgan fingerprint density at radius 3 is 2.65 bits per heavy atom. The topological polar surface area (TPSA) is 34.1 Å². The number of hydrogen-bond donors (Lipinski definition) is 1. The van der Waals surface area contributed by atoms with Gasteiger partial charge >= 0.3 is 0 Å². The van der Waals surface area contributed by atoms with E-state index in [0.29, 0.717) is 6.04 Å². The van der Waals surface area contributed by atoms with E-state index in [1.165, 1.54) is 19.3 Å². The molecule has 3 atom stereocenters. The minimum Gasteiger partial charge on any atom is -0.496 e. The molecule has 1 aliphatic rings. The normalized spacial score (nSPS) is 26.6. The van der Waals surface area contributed by atoms with Crippen LogP contribution in [0.25, 0.3) is 0 Å². The molecule has 1 fully saturated rings. The van der Waals surface area contributed by atoms with Crippen LogP contribution in [0.2, 0.25) is 0 Å². The number of aryl methyl sites for hydroxylation is 1. The van der Waals surface area contributed by atoms with Crippen LogP contribution in [-0.2, 0) is 6.54 Å². The van der Waals surface area contributed by atoms with Crippen LogP contribution in [0.3, 0.4) is 0 Å². The van der Waals surface area contributed by atoms with Crippen molar-refractivity contribution < 1.29 is 4.74 Å². The summed E-state index contributed by atoms with van der Waals surface area (Å²) in [5.41, 5.74) is 3.38. The molecule has 0 amide bonds. The van der Waals surface area contributed by atoms with Gasteiger partial charge in [0.05, 0.1) is 12.8 Å². The fourth-order valence-corrected chi connectivity index (χ4v) is 3.22. The minimum absolute atomic E-state index is 0.634. The van der Waals surface area contributed by atoms with E-state index in [9.17, 15) is 0 Å². The molecular formula is C17H28N2O. The number of rotatable bonds is 4. The van der Waals surface area contributed by atoms with E-state index in [4.69, 9.17) is 4.74 Å². The van der Waals surface area contributed by atoms with Crippen LogP contribution in [0, 0.1) is 25.7 Å². The molecule has 3 unspecified atom stereocenters. The third kappa shape index (κ3) is 3.32. The monoisotopic (exact) mass is 276 g/mol. The second-order valence-corrected chi connectivity index (χ2v) is 6.39. The number of aromatic nitrogens is 1. The molecule has 0 spiro atoms. The molecule has 1 aliphatic carbocycles. The van der Waals surface area contributed by atoms with Gasteiger partial charge in [0.2, 0.25) is 0 Å². The van der Waals surface area contributed by atoms with Gasteiger partial charge in [0.1, 0.15) is 5.75 Å². The molecule has 0 bridgehead atoms. The van der Waals surface area contributed by atoms with Gasteiger partial charge in [-0.2, -0.15) is 0 Å². The second kappa shape index (κ2) is 6.57. The zero-order valence-electron chi connectivity index (χ0n) is 13.5. The maximum absolute atomic E-state index is 5.47. The van der Waals surface area contributed by atoms with Crippen LogP contribution in [0.4, 0.5) is 0 Å². The molecule has 0 saturated heterocycles. The smallest absolute Gasteiger partial charge is 0.128 e. The lowest BCUT2D eigenvalue weighted by Crippen LogP contribution is -2.36. The highest BCUT2D eigenvalue weighted by atomic mass is 16.5. The SMILES string of the molecule is COc1c(C)cnc(CNC2CCC(C)C(C)C2)c1C. The Morgan fingerprint density at radius 2 is 2.00 bits per heavy atom. The van der Waals surface area contributed by atoms with Crippen molar-refractivity contribution in [3.63, 3.8) is 0 Å². The zero-order chi connectivity index (χ0) is 14.7. The van der Waals surface area contributed by atoms with Crippen LogP contribution in [-0.4, -0.2) is 18.1 Å². The first kappa shape index (κ1) is 15.3. The largest absolute Gasteiger partial charge is 0.496 e. The number of hydrogen-bond acceptors (Lipinski definition) is 3. The van der Waals surface area contributed by atoms with Crippen molar-refractivity contribution in [1.82, 2.24) is 10.3 Å². The van der Waals surface area contributed by atoms with Crippen molar-refractivity contribution in [2.24, 2.45) is 11.8 Å². The molecular weight excluding hydrogens is 248 g/mol. The van der Waals surface area contributed by atoms with Crippen molar-refractivity contribution in [3.8, 4) is 5.75 Å². The predicted molar refractivity (Wildman–Crippen MR) is 83.1 cm³/mol. The number of methoxy groups -OCH3 is 1. The average molecular weight is 276 g/mol. The van der Waals surface area contributed by atoms with Crippen LogP contribution in [0.15, 0.2) is 6.20 Å². The van der Waals surface area contributed by atoms with Gasteiger partial charge in [0.25, 0.3) is 0 Å². The molecule has 112 valence electrons. The predicted octanol–water partition coefficient (Wildman–Crippen LogP) is 3.62. The minimum atomic E-state index is 0.634. The second-order valence-electron chi connectivity index (χ2n) is 6.39. The van der Waals surface area contributed by atoms with Gasteiger partial charge in [-0.15, -0.1) is 0 Å². The average Bonchev–Trinajstić information content (AvgIpc) is 2.42. The van der Waals surface area contributed by atoms with Crippen molar-refractivity contribution >= 4 is 0 Å². The first-order chi connectivity index (χ1) is 9.52.